The first-order chi connectivity index (χ1) is 12.5. The van der Waals surface area contributed by atoms with Crippen molar-refractivity contribution in [3.8, 4) is 0 Å². The second-order valence-corrected chi connectivity index (χ2v) is 7.29. The first-order valence-corrected chi connectivity index (χ1v) is 9.95. The van der Waals surface area contributed by atoms with Crippen LogP contribution in [0, 0.1) is 0 Å². The third-order valence-electron chi connectivity index (χ3n) is 5.05. The zero-order valence-electron chi connectivity index (χ0n) is 16.8. The third-order valence-corrected chi connectivity index (χ3v) is 5.05. The number of rotatable bonds is 7. The van der Waals surface area contributed by atoms with Gasteiger partial charge in [0.1, 0.15) is 0 Å². The van der Waals surface area contributed by atoms with Crippen LogP contribution in [0.2, 0.25) is 0 Å². The number of amides is 2. The molecule has 0 radical (unpaired) electrons. The SMILES string of the molecule is CCCN(CCC)C(=O)c1cccc(C(=O)N2CCCCC2C(C)N)c1.Cl. The maximum Gasteiger partial charge on any atom is 0.254 e. The number of hydrogen-bond acceptors (Lipinski definition) is 3. The summed E-state index contributed by atoms with van der Waals surface area (Å²) in [4.78, 5) is 29.7. The topological polar surface area (TPSA) is 66.6 Å². The molecule has 0 saturated carbocycles. The molecule has 1 aromatic carbocycles. The molecule has 2 atom stereocenters. The number of carbonyl (C=O) groups is 2. The Hall–Kier alpha value is -1.59. The smallest absolute Gasteiger partial charge is 0.254 e. The number of halogens is 1. The molecule has 27 heavy (non-hydrogen) atoms. The van der Waals surface area contributed by atoms with E-state index in [1.165, 1.54) is 0 Å². The Morgan fingerprint density at radius 1 is 1.19 bits per heavy atom. The van der Waals surface area contributed by atoms with Crippen LogP contribution in [0.15, 0.2) is 24.3 Å². The average Bonchev–Trinajstić information content (AvgIpc) is 2.66. The quantitative estimate of drug-likeness (QED) is 0.765. The van der Waals surface area contributed by atoms with Crippen molar-refractivity contribution in [3.63, 3.8) is 0 Å². The minimum Gasteiger partial charge on any atom is -0.339 e. The van der Waals surface area contributed by atoms with Crippen molar-refractivity contribution in [2.75, 3.05) is 19.6 Å². The van der Waals surface area contributed by atoms with E-state index in [1.54, 1.807) is 24.3 Å². The number of carbonyl (C=O) groups excluding carboxylic acids is 2. The Balaban J connectivity index is 0.00000364. The van der Waals surface area contributed by atoms with Crippen molar-refractivity contribution in [2.45, 2.75) is 65.0 Å². The Morgan fingerprint density at radius 3 is 2.41 bits per heavy atom. The average molecular weight is 396 g/mol. The predicted octanol–water partition coefficient (Wildman–Crippen LogP) is 3.71. The van der Waals surface area contributed by atoms with Crippen molar-refractivity contribution in [1.82, 2.24) is 9.80 Å². The molecule has 152 valence electrons. The fourth-order valence-corrected chi connectivity index (χ4v) is 3.74. The van der Waals surface area contributed by atoms with Gasteiger partial charge in [-0.05, 0) is 57.2 Å². The van der Waals surface area contributed by atoms with Gasteiger partial charge in [-0.25, -0.2) is 0 Å². The van der Waals surface area contributed by atoms with Gasteiger partial charge in [-0.3, -0.25) is 9.59 Å². The van der Waals surface area contributed by atoms with Crippen molar-refractivity contribution >= 4 is 24.2 Å². The van der Waals surface area contributed by atoms with Crippen molar-refractivity contribution in [2.24, 2.45) is 5.73 Å². The molecule has 1 aromatic rings. The monoisotopic (exact) mass is 395 g/mol. The second kappa shape index (κ2) is 11.3. The number of likely N-dealkylation sites (tertiary alicyclic amines) is 1. The highest BCUT2D eigenvalue weighted by molar-refractivity contribution is 5.99. The Morgan fingerprint density at radius 2 is 1.81 bits per heavy atom. The molecule has 6 heteroatoms. The van der Waals surface area contributed by atoms with Crippen LogP contribution in [0.25, 0.3) is 0 Å². The summed E-state index contributed by atoms with van der Waals surface area (Å²) in [6.07, 6.45) is 4.91. The summed E-state index contributed by atoms with van der Waals surface area (Å²) in [5.41, 5.74) is 7.27. The van der Waals surface area contributed by atoms with Crippen LogP contribution >= 0.6 is 12.4 Å². The van der Waals surface area contributed by atoms with Gasteiger partial charge >= 0.3 is 0 Å². The van der Waals surface area contributed by atoms with Crippen LogP contribution in [-0.2, 0) is 0 Å². The fraction of sp³-hybridized carbons (Fsp3) is 0.619. The molecule has 1 aliphatic heterocycles. The van der Waals surface area contributed by atoms with Crippen LogP contribution in [0.1, 0.15) is 73.6 Å². The van der Waals surface area contributed by atoms with E-state index >= 15 is 0 Å². The van der Waals surface area contributed by atoms with Crippen LogP contribution in [-0.4, -0.2) is 53.3 Å². The van der Waals surface area contributed by atoms with Gasteiger partial charge in [-0.2, -0.15) is 0 Å². The minimum absolute atomic E-state index is 0. The van der Waals surface area contributed by atoms with E-state index in [1.807, 2.05) is 16.7 Å². The summed E-state index contributed by atoms with van der Waals surface area (Å²) in [5, 5.41) is 0. The molecule has 1 saturated heterocycles. The third kappa shape index (κ3) is 5.94. The first kappa shape index (κ1) is 23.4. The summed E-state index contributed by atoms with van der Waals surface area (Å²) in [7, 11) is 0. The lowest BCUT2D eigenvalue weighted by atomic mass is 9.95. The predicted molar refractivity (Wildman–Crippen MR) is 113 cm³/mol. The molecular formula is C21H34ClN3O2. The molecule has 2 amide bonds. The zero-order valence-corrected chi connectivity index (χ0v) is 17.6. The summed E-state index contributed by atoms with van der Waals surface area (Å²) in [6.45, 7) is 8.32. The standard InChI is InChI=1S/C21H33N3O2.ClH/c1-4-12-23(13-5-2)20(25)17-9-8-10-18(15-17)21(26)24-14-7-6-11-19(24)16(3)22;/h8-10,15-16,19H,4-7,11-14,22H2,1-3H3;1H. The summed E-state index contributed by atoms with van der Waals surface area (Å²) in [6, 6.07) is 7.19. The highest BCUT2D eigenvalue weighted by Crippen LogP contribution is 2.22. The van der Waals surface area contributed by atoms with E-state index in [0.29, 0.717) is 11.1 Å². The van der Waals surface area contributed by atoms with Gasteiger partial charge in [-0.1, -0.05) is 19.9 Å². The Kier molecular flexibility index (Phi) is 9.81. The minimum atomic E-state index is -0.0475. The van der Waals surface area contributed by atoms with E-state index in [0.717, 1.165) is 51.7 Å². The number of nitrogens with zero attached hydrogens (tertiary/aromatic N) is 2. The van der Waals surface area contributed by atoms with Crippen LogP contribution in [0.5, 0.6) is 0 Å². The molecule has 2 unspecified atom stereocenters. The molecule has 0 bridgehead atoms. The Bertz CT molecular complexity index is 615. The molecule has 2 N–H and O–H groups in total. The van der Waals surface area contributed by atoms with E-state index in [2.05, 4.69) is 13.8 Å². The highest BCUT2D eigenvalue weighted by atomic mass is 35.5. The lowest BCUT2D eigenvalue weighted by molar-refractivity contribution is 0.0584. The van der Waals surface area contributed by atoms with E-state index in [4.69, 9.17) is 5.73 Å². The second-order valence-electron chi connectivity index (χ2n) is 7.29. The maximum absolute atomic E-state index is 13.1. The van der Waals surface area contributed by atoms with Crippen molar-refractivity contribution in [3.05, 3.63) is 35.4 Å². The summed E-state index contributed by atoms with van der Waals surface area (Å²) >= 11 is 0. The van der Waals surface area contributed by atoms with Crippen LogP contribution in [0.3, 0.4) is 0 Å². The van der Waals surface area contributed by atoms with E-state index in [-0.39, 0.29) is 36.3 Å². The molecule has 1 fully saturated rings. The maximum atomic E-state index is 13.1. The van der Waals surface area contributed by atoms with E-state index in [9.17, 15) is 9.59 Å². The lowest BCUT2D eigenvalue weighted by Gasteiger charge is -2.38. The number of benzene rings is 1. The number of nitrogens with two attached hydrogens (primary N) is 1. The highest BCUT2D eigenvalue weighted by Gasteiger charge is 2.30. The van der Waals surface area contributed by atoms with Gasteiger partial charge in [0.15, 0.2) is 0 Å². The normalized spacial score (nSPS) is 17.8. The molecule has 0 aromatic heterocycles. The number of hydrogen-bond donors (Lipinski definition) is 1. The molecule has 0 spiro atoms. The largest absolute Gasteiger partial charge is 0.339 e. The summed E-state index contributed by atoms with van der Waals surface area (Å²) in [5.74, 6) is -0.00933. The first-order valence-electron chi connectivity index (χ1n) is 9.95. The molecule has 5 nitrogen and oxygen atoms in total. The lowest BCUT2D eigenvalue weighted by Crippen LogP contribution is -2.51. The van der Waals surface area contributed by atoms with Gasteiger partial charge in [0.2, 0.25) is 0 Å². The molecular weight excluding hydrogens is 362 g/mol. The molecule has 2 rings (SSSR count). The molecule has 1 heterocycles. The molecule has 1 aliphatic rings. The van der Waals surface area contributed by atoms with Crippen LogP contribution < -0.4 is 5.73 Å². The fourth-order valence-electron chi connectivity index (χ4n) is 3.74. The van der Waals surface area contributed by atoms with Gasteiger partial charge in [0.25, 0.3) is 11.8 Å². The van der Waals surface area contributed by atoms with Crippen LogP contribution in [0.4, 0.5) is 0 Å². The summed E-state index contributed by atoms with van der Waals surface area (Å²) < 4.78 is 0. The Labute approximate surface area is 169 Å². The van der Waals surface area contributed by atoms with Crippen molar-refractivity contribution < 1.29 is 9.59 Å². The zero-order chi connectivity index (χ0) is 19.1. The number of piperidine rings is 1. The van der Waals surface area contributed by atoms with Gasteiger partial charge in [0, 0.05) is 42.8 Å². The van der Waals surface area contributed by atoms with Gasteiger partial charge in [-0.15, -0.1) is 12.4 Å². The van der Waals surface area contributed by atoms with Gasteiger partial charge < -0.3 is 15.5 Å². The van der Waals surface area contributed by atoms with E-state index < -0.39 is 0 Å². The molecule has 0 aliphatic carbocycles. The van der Waals surface area contributed by atoms with Gasteiger partial charge in [0.05, 0.1) is 0 Å². The van der Waals surface area contributed by atoms with Crippen molar-refractivity contribution in [1.29, 1.82) is 0 Å².